The van der Waals surface area contributed by atoms with Crippen molar-refractivity contribution in [2.45, 2.75) is 32.4 Å². The summed E-state index contributed by atoms with van der Waals surface area (Å²) in [6.45, 7) is 4.37. The molecule has 0 saturated carbocycles. The van der Waals surface area contributed by atoms with Gasteiger partial charge >= 0.3 is 0 Å². The summed E-state index contributed by atoms with van der Waals surface area (Å²) in [5.41, 5.74) is 5.95. The molecule has 0 spiro atoms. The molecule has 1 atom stereocenters. The fourth-order valence-electron chi connectivity index (χ4n) is 1.20. The molecule has 1 rings (SSSR count). The number of hydrogen-bond acceptors (Lipinski definition) is 2. The molecule has 0 heterocycles. The van der Waals surface area contributed by atoms with E-state index in [9.17, 15) is 8.78 Å². The van der Waals surface area contributed by atoms with Crippen molar-refractivity contribution < 1.29 is 13.5 Å². The van der Waals surface area contributed by atoms with Gasteiger partial charge in [-0.2, -0.15) is 0 Å². The van der Waals surface area contributed by atoms with E-state index in [0.717, 1.165) is 12.5 Å². The van der Waals surface area contributed by atoms with Gasteiger partial charge in [0.1, 0.15) is 11.6 Å². The molecule has 0 amide bonds. The molecular formula is C12H17F2NO. The van der Waals surface area contributed by atoms with Gasteiger partial charge in [0.2, 0.25) is 0 Å². The van der Waals surface area contributed by atoms with Crippen molar-refractivity contribution in [3.63, 3.8) is 0 Å². The zero-order valence-corrected chi connectivity index (χ0v) is 9.59. The Hall–Kier alpha value is -1.00. The van der Waals surface area contributed by atoms with Crippen molar-refractivity contribution >= 4 is 0 Å². The minimum Gasteiger partial charge on any atom is -0.375 e. The van der Waals surface area contributed by atoms with Crippen molar-refractivity contribution in [3.05, 3.63) is 35.4 Å². The molecule has 1 aromatic carbocycles. The van der Waals surface area contributed by atoms with Crippen LogP contribution in [-0.4, -0.2) is 12.1 Å². The lowest BCUT2D eigenvalue weighted by atomic mass is 10.0. The Morgan fingerprint density at radius 3 is 2.31 bits per heavy atom. The van der Waals surface area contributed by atoms with Crippen molar-refractivity contribution in [3.8, 4) is 0 Å². The summed E-state index contributed by atoms with van der Waals surface area (Å²) in [5, 5.41) is 0. The molecule has 1 unspecified atom stereocenters. The van der Waals surface area contributed by atoms with Crippen molar-refractivity contribution in [1.82, 2.24) is 0 Å². The second-order valence-electron chi connectivity index (χ2n) is 4.28. The molecule has 90 valence electrons. The molecule has 0 bridgehead atoms. The van der Waals surface area contributed by atoms with Gasteiger partial charge in [0.25, 0.3) is 0 Å². The zero-order valence-electron chi connectivity index (χ0n) is 9.59. The highest BCUT2D eigenvalue weighted by atomic mass is 19.1. The van der Waals surface area contributed by atoms with E-state index in [1.807, 2.05) is 13.8 Å². The van der Waals surface area contributed by atoms with Gasteiger partial charge in [-0.15, -0.1) is 0 Å². The van der Waals surface area contributed by atoms with E-state index in [1.54, 1.807) is 0 Å². The van der Waals surface area contributed by atoms with Crippen molar-refractivity contribution in [2.24, 2.45) is 5.73 Å². The van der Waals surface area contributed by atoms with Crippen LogP contribution in [0.5, 0.6) is 0 Å². The molecule has 16 heavy (non-hydrogen) atoms. The Bertz CT molecular complexity index is 333. The average Bonchev–Trinajstić information content (AvgIpc) is 2.16. The molecular weight excluding hydrogens is 212 g/mol. The Balaban J connectivity index is 2.49. The lowest BCUT2D eigenvalue weighted by Crippen LogP contribution is -2.40. The highest BCUT2D eigenvalue weighted by molar-refractivity contribution is 5.16. The molecule has 1 aromatic rings. The SMILES string of the molecule is CCC(C)(N)COCc1cc(F)cc(F)c1. The maximum absolute atomic E-state index is 12.8. The van der Waals surface area contributed by atoms with Gasteiger partial charge in [0.05, 0.1) is 13.2 Å². The number of hydrogen-bond donors (Lipinski definition) is 1. The number of benzene rings is 1. The second-order valence-corrected chi connectivity index (χ2v) is 4.28. The van der Waals surface area contributed by atoms with Crippen LogP contribution >= 0.6 is 0 Å². The summed E-state index contributed by atoms with van der Waals surface area (Å²) >= 11 is 0. The monoisotopic (exact) mass is 229 g/mol. The summed E-state index contributed by atoms with van der Waals surface area (Å²) in [4.78, 5) is 0. The quantitative estimate of drug-likeness (QED) is 0.842. The fraction of sp³-hybridized carbons (Fsp3) is 0.500. The van der Waals surface area contributed by atoms with E-state index in [1.165, 1.54) is 12.1 Å². The standard InChI is InChI=1S/C12H17F2NO/c1-3-12(2,15)8-16-7-9-4-10(13)6-11(14)5-9/h4-6H,3,7-8,15H2,1-2H3. The van der Waals surface area contributed by atoms with Crippen LogP contribution in [0.4, 0.5) is 8.78 Å². The van der Waals surface area contributed by atoms with Crippen LogP contribution in [0.1, 0.15) is 25.8 Å². The number of rotatable bonds is 5. The first-order chi connectivity index (χ1) is 7.43. The smallest absolute Gasteiger partial charge is 0.126 e. The van der Waals surface area contributed by atoms with Crippen LogP contribution in [0.3, 0.4) is 0 Å². The summed E-state index contributed by atoms with van der Waals surface area (Å²) < 4.78 is 31.0. The lowest BCUT2D eigenvalue weighted by molar-refractivity contribution is 0.0774. The molecule has 2 N–H and O–H groups in total. The van der Waals surface area contributed by atoms with Crippen LogP contribution in [-0.2, 0) is 11.3 Å². The van der Waals surface area contributed by atoms with E-state index in [-0.39, 0.29) is 6.61 Å². The Kier molecular flexibility index (Phi) is 4.38. The first kappa shape index (κ1) is 13.1. The lowest BCUT2D eigenvalue weighted by Gasteiger charge is -2.22. The Morgan fingerprint density at radius 2 is 1.81 bits per heavy atom. The molecule has 0 aliphatic heterocycles. The van der Waals surface area contributed by atoms with E-state index < -0.39 is 17.2 Å². The fourth-order valence-corrected chi connectivity index (χ4v) is 1.20. The molecule has 0 aliphatic carbocycles. The van der Waals surface area contributed by atoms with Crippen LogP contribution in [0.25, 0.3) is 0 Å². The van der Waals surface area contributed by atoms with Crippen LogP contribution in [0, 0.1) is 11.6 Å². The van der Waals surface area contributed by atoms with Crippen LogP contribution in [0.2, 0.25) is 0 Å². The average molecular weight is 229 g/mol. The summed E-state index contributed by atoms with van der Waals surface area (Å²) in [5.74, 6) is -1.19. The van der Waals surface area contributed by atoms with Gasteiger partial charge in [-0.25, -0.2) is 8.78 Å². The van der Waals surface area contributed by atoms with Gasteiger partial charge in [-0.3, -0.25) is 0 Å². The van der Waals surface area contributed by atoms with E-state index in [0.29, 0.717) is 12.2 Å². The van der Waals surface area contributed by atoms with Crippen molar-refractivity contribution in [2.75, 3.05) is 6.61 Å². The molecule has 2 nitrogen and oxygen atoms in total. The maximum atomic E-state index is 12.8. The third-order valence-corrected chi connectivity index (χ3v) is 2.43. The summed E-state index contributed by atoms with van der Waals surface area (Å²) in [6, 6.07) is 3.34. The third-order valence-electron chi connectivity index (χ3n) is 2.43. The number of nitrogens with two attached hydrogens (primary N) is 1. The van der Waals surface area contributed by atoms with E-state index in [4.69, 9.17) is 10.5 Å². The normalized spacial score (nSPS) is 14.8. The predicted molar refractivity (Wildman–Crippen MR) is 58.9 cm³/mol. The van der Waals surface area contributed by atoms with Crippen molar-refractivity contribution in [1.29, 1.82) is 0 Å². The van der Waals surface area contributed by atoms with Gasteiger partial charge in [-0.05, 0) is 31.0 Å². The molecule has 0 saturated heterocycles. The molecule has 0 aromatic heterocycles. The number of ether oxygens (including phenoxy) is 1. The van der Waals surface area contributed by atoms with Gasteiger partial charge in [0, 0.05) is 11.6 Å². The van der Waals surface area contributed by atoms with Crippen LogP contribution in [0.15, 0.2) is 18.2 Å². The van der Waals surface area contributed by atoms with Crippen LogP contribution < -0.4 is 5.73 Å². The second kappa shape index (κ2) is 5.37. The Labute approximate surface area is 94.4 Å². The highest BCUT2D eigenvalue weighted by Gasteiger charge is 2.15. The topological polar surface area (TPSA) is 35.2 Å². The van der Waals surface area contributed by atoms with E-state index >= 15 is 0 Å². The Morgan fingerprint density at radius 1 is 1.25 bits per heavy atom. The molecule has 0 aliphatic rings. The molecule has 0 radical (unpaired) electrons. The zero-order chi connectivity index (χ0) is 12.2. The number of halogens is 2. The minimum absolute atomic E-state index is 0.168. The largest absolute Gasteiger partial charge is 0.375 e. The predicted octanol–water partition coefficient (Wildman–Crippen LogP) is 2.61. The first-order valence-corrected chi connectivity index (χ1v) is 5.24. The van der Waals surface area contributed by atoms with Gasteiger partial charge in [-0.1, -0.05) is 6.92 Å². The maximum Gasteiger partial charge on any atom is 0.126 e. The molecule has 4 heteroatoms. The molecule has 0 fully saturated rings. The minimum atomic E-state index is -0.593. The van der Waals surface area contributed by atoms with Gasteiger partial charge < -0.3 is 10.5 Å². The third kappa shape index (κ3) is 4.24. The first-order valence-electron chi connectivity index (χ1n) is 5.24. The summed E-state index contributed by atoms with van der Waals surface area (Å²) in [7, 11) is 0. The van der Waals surface area contributed by atoms with E-state index in [2.05, 4.69) is 0 Å². The highest BCUT2D eigenvalue weighted by Crippen LogP contribution is 2.11. The summed E-state index contributed by atoms with van der Waals surface area (Å²) in [6.07, 6.45) is 0.782. The van der Waals surface area contributed by atoms with Gasteiger partial charge in [0.15, 0.2) is 0 Å².